The van der Waals surface area contributed by atoms with E-state index in [0.717, 1.165) is 0 Å². The van der Waals surface area contributed by atoms with E-state index in [1.165, 1.54) is 4.90 Å². The van der Waals surface area contributed by atoms with E-state index in [-0.39, 0.29) is 40.8 Å². The van der Waals surface area contributed by atoms with Crippen molar-refractivity contribution in [1.29, 1.82) is 0 Å². The average Bonchev–Trinajstić information content (AvgIpc) is 2.27. The molecule has 1 fully saturated rings. The van der Waals surface area contributed by atoms with Gasteiger partial charge in [-0.1, -0.05) is 17.7 Å². The lowest BCUT2D eigenvalue weighted by Crippen LogP contribution is -2.49. The molecule has 0 saturated carbocycles. The molecule has 2 rings (SSSR count). The maximum Gasteiger partial charge on any atom is 0.272 e. The van der Waals surface area contributed by atoms with Crippen molar-refractivity contribution in [3.8, 4) is 0 Å². The molecule has 1 aliphatic heterocycles. The lowest BCUT2D eigenvalue weighted by Gasteiger charge is -2.32. The SMILES string of the molecule is CC1CS(=O)(=O)CCN1C(=O)c1cccc(Cl)n1. The zero-order valence-corrected chi connectivity index (χ0v) is 11.4. The Morgan fingerprint density at radius 1 is 1.50 bits per heavy atom. The lowest BCUT2D eigenvalue weighted by atomic mass is 10.2. The summed E-state index contributed by atoms with van der Waals surface area (Å²) in [4.78, 5) is 17.7. The topological polar surface area (TPSA) is 67.3 Å². The van der Waals surface area contributed by atoms with Gasteiger partial charge in [0.05, 0.1) is 11.5 Å². The van der Waals surface area contributed by atoms with Crippen LogP contribution >= 0.6 is 11.6 Å². The first-order valence-corrected chi connectivity index (χ1v) is 7.73. The molecule has 1 saturated heterocycles. The van der Waals surface area contributed by atoms with Gasteiger partial charge in [0.1, 0.15) is 10.8 Å². The molecular formula is C11H13ClN2O3S. The first kappa shape index (κ1) is 13.3. The maximum atomic E-state index is 12.2. The van der Waals surface area contributed by atoms with Crippen molar-refractivity contribution in [2.24, 2.45) is 0 Å². The molecule has 0 aliphatic carbocycles. The predicted molar refractivity (Wildman–Crippen MR) is 68.4 cm³/mol. The summed E-state index contributed by atoms with van der Waals surface area (Å²) in [6, 6.07) is 4.47. The largest absolute Gasteiger partial charge is 0.333 e. The molecule has 0 spiro atoms. The third-order valence-corrected chi connectivity index (χ3v) is 4.87. The highest BCUT2D eigenvalue weighted by molar-refractivity contribution is 7.91. The van der Waals surface area contributed by atoms with Crippen LogP contribution in [0.15, 0.2) is 18.2 Å². The minimum absolute atomic E-state index is 0.000689. The van der Waals surface area contributed by atoms with Crippen LogP contribution in [0.5, 0.6) is 0 Å². The average molecular weight is 289 g/mol. The van der Waals surface area contributed by atoms with Crippen LogP contribution in [0.1, 0.15) is 17.4 Å². The number of rotatable bonds is 1. The minimum atomic E-state index is -3.03. The summed E-state index contributed by atoms with van der Waals surface area (Å²) in [7, 11) is -3.03. The number of hydrogen-bond acceptors (Lipinski definition) is 4. The fourth-order valence-corrected chi connectivity index (χ4v) is 3.70. The Hall–Kier alpha value is -1.14. The summed E-state index contributed by atoms with van der Waals surface area (Å²) in [5.74, 6) is -0.275. The van der Waals surface area contributed by atoms with Crippen LogP contribution in [-0.2, 0) is 9.84 Å². The highest BCUT2D eigenvalue weighted by atomic mass is 35.5. The summed E-state index contributed by atoms with van der Waals surface area (Å²) >= 11 is 5.73. The van der Waals surface area contributed by atoms with E-state index in [2.05, 4.69) is 4.98 Å². The first-order valence-electron chi connectivity index (χ1n) is 5.53. The molecule has 1 aromatic heterocycles. The molecule has 7 heteroatoms. The summed E-state index contributed by atoms with van der Waals surface area (Å²) in [6.45, 7) is 1.93. The fourth-order valence-electron chi connectivity index (χ4n) is 1.97. The highest BCUT2D eigenvalue weighted by Gasteiger charge is 2.32. The molecule has 2 heterocycles. The number of halogens is 1. The third kappa shape index (κ3) is 2.81. The van der Waals surface area contributed by atoms with Gasteiger partial charge in [-0.05, 0) is 19.1 Å². The van der Waals surface area contributed by atoms with Crippen molar-refractivity contribution in [2.45, 2.75) is 13.0 Å². The number of sulfone groups is 1. The van der Waals surface area contributed by atoms with Gasteiger partial charge >= 0.3 is 0 Å². The minimum Gasteiger partial charge on any atom is -0.333 e. The standard InChI is InChI=1S/C11H13ClN2O3S/c1-8-7-18(16,17)6-5-14(8)11(15)9-3-2-4-10(12)13-9/h2-4,8H,5-7H2,1H3. The van der Waals surface area contributed by atoms with Crippen LogP contribution < -0.4 is 0 Å². The van der Waals surface area contributed by atoms with Crippen molar-refractivity contribution >= 4 is 27.3 Å². The van der Waals surface area contributed by atoms with Crippen molar-refractivity contribution in [3.05, 3.63) is 29.0 Å². The van der Waals surface area contributed by atoms with E-state index < -0.39 is 9.84 Å². The lowest BCUT2D eigenvalue weighted by molar-refractivity contribution is 0.0706. The molecule has 5 nitrogen and oxygen atoms in total. The van der Waals surface area contributed by atoms with Crippen LogP contribution in [0.4, 0.5) is 0 Å². The van der Waals surface area contributed by atoms with Crippen molar-refractivity contribution in [3.63, 3.8) is 0 Å². The van der Waals surface area contributed by atoms with Gasteiger partial charge in [-0.3, -0.25) is 4.79 Å². The Balaban J connectivity index is 2.20. The van der Waals surface area contributed by atoms with Gasteiger partial charge < -0.3 is 4.90 Å². The second-order valence-corrected chi connectivity index (χ2v) is 6.92. The molecule has 1 atom stereocenters. The molecule has 0 N–H and O–H groups in total. The Labute approximate surface area is 111 Å². The summed E-state index contributed by atoms with van der Waals surface area (Å²) in [5, 5.41) is 0.248. The molecule has 1 aromatic rings. The van der Waals surface area contributed by atoms with E-state index in [1.807, 2.05) is 0 Å². The van der Waals surface area contributed by atoms with Gasteiger partial charge in [-0.2, -0.15) is 0 Å². The molecular weight excluding hydrogens is 276 g/mol. The molecule has 1 aliphatic rings. The third-order valence-electron chi connectivity index (χ3n) is 2.87. The molecule has 0 bridgehead atoms. The Bertz CT molecular complexity index is 573. The Kier molecular flexibility index (Phi) is 3.59. The van der Waals surface area contributed by atoms with Crippen molar-refractivity contribution in [1.82, 2.24) is 9.88 Å². The quantitative estimate of drug-likeness (QED) is 0.723. The number of nitrogens with zero attached hydrogens (tertiary/aromatic N) is 2. The van der Waals surface area contributed by atoms with Crippen LogP contribution in [-0.4, -0.2) is 48.3 Å². The van der Waals surface area contributed by atoms with Gasteiger partial charge in [0.15, 0.2) is 9.84 Å². The van der Waals surface area contributed by atoms with Crippen LogP contribution in [0, 0.1) is 0 Å². The smallest absolute Gasteiger partial charge is 0.272 e. The zero-order valence-electron chi connectivity index (χ0n) is 9.84. The number of aromatic nitrogens is 1. The van der Waals surface area contributed by atoms with Gasteiger partial charge in [0.2, 0.25) is 0 Å². The van der Waals surface area contributed by atoms with Crippen LogP contribution in [0.25, 0.3) is 0 Å². The monoisotopic (exact) mass is 288 g/mol. The fraction of sp³-hybridized carbons (Fsp3) is 0.455. The van der Waals surface area contributed by atoms with E-state index in [4.69, 9.17) is 11.6 Å². The van der Waals surface area contributed by atoms with Gasteiger partial charge in [-0.15, -0.1) is 0 Å². The van der Waals surface area contributed by atoms with Gasteiger partial charge in [0.25, 0.3) is 5.91 Å². The zero-order chi connectivity index (χ0) is 13.3. The van der Waals surface area contributed by atoms with E-state index >= 15 is 0 Å². The summed E-state index contributed by atoms with van der Waals surface area (Å²) in [6.07, 6.45) is 0. The highest BCUT2D eigenvalue weighted by Crippen LogP contribution is 2.15. The number of amides is 1. The number of carbonyl (C=O) groups excluding carboxylic acids is 1. The maximum absolute atomic E-state index is 12.2. The predicted octanol–water partition coefficient (Wildman–Crippen LogP) is 0.994. The Morgan fingerprint density at radius 3 is 2.83 bits per heavy atom. The van der Waals surface area contributed by atoms with Crippen LogP contribution in [0.3, 0.4) is 0 Å². The number of carbonyl (C=O) groups is 1. The van der Waals surface area contributed by atoms with Crippen molar-refractivity contribution < 1.29 is 13.2 Å². The van der Waals surface area contributed by atoms with Crippen molar-refractivity contribution in [2.75, 3.05) is 18.1 Å². The molecule has 1 amide bonds. The molecule has 18 heavy (non-hydrogen) atoms. The van der Waals surface area contributed by atoms with E-state index in [1.54, 1.807) is 25.1 Å². The summed E-state index contributed by atoms with van der Waals surface area (Å²) in [5.41, 5.74) is 0.244. The second kappa shape index (κ2) is 4.85. The first-order chi connectivity index (χ1) is 8.39. The molecule has 1 unspecified atom stereocenters. The van der Waals surface area contributed by atoms with E-state index in [0.29, 0.717) is 0 Å². The van der Waals surface area contributed by atoms with Crippen LogP contribution in [0.2, 0.25) is 5.15 Å². The number of hydrogen-bond donors (Lipinski definition) is 0. The summed E-state index contributed by atoms with van der Waals surface area (Å²) < 4.78 is 22.9. The molecule has 0 radical (unpaired) electrons. The molecule has 98 valence electrons. The van der Waals surface area contributed by atoms with Gasteiger partial charge in [-0.25, -0.2) is 13.4 Å². The second-order valence-electron chi connectivity index (χ2n) is 4.31. The normalized spacial score (nSPS) is 22.8. The van der Waals surface area contributed by atoms with Gasteiger partial charge in [0, 0.05) is 12.6 Å². The van der Waals surface area contributed by atoms with E-state index in [9.17, 15) is 13.2 Å². The Morgan fingerprint density at radius 2 is 2.22 bits per heavy atom. The number of pyridine rings is 1. The molecule has 0 aromatic carbocycles.